The van der Waals surface area contributed by atoms with Gasteiger partial charge in [0.1, 0.15) is 0 Å². The van der Waals surface area contributed by atoms with Crippen LogP contribution >= 0.6 is 35.3 Å². The second kappa shape index (κ2) is 14.3. The van der Waals surface area contributed by atoms with Crippen LogP contribution in [0.2, 0.25) is 0 Å². The van der Waals surface area contributed by atoms with E-state index in [1.165, 1.54) is 4.88 Å². The van der Waals surface area contributed by atoms with E-state index in [1.54, 1.807) is 11.3 Å². The molecule has 0 radical (unpaired) electrons. The molecule has 1 aromatic carbocycles. The van der Waals surface area contributed by atoms with E-state index < -0.39 is 0 Å². The zero-order chi connectivity index (χ0) is 21.1. The Balaban J connectivity index is 0.00000450. The van der Waals surface area contributed by atoms with E-state index in [0.29, 0.717) is 6.54 Å². The van der Waals surface area contributed by atoms with Gasteiger partial charge in [-0.25, -0.2) is 9.98 Å². The van der Waals surface area contributed by atoms with Crippen LogP contribution in [-0.4, -0.2) is 29.9 Å². The third-order valence-corrected chi connectivity index (χ3v) is 5.80. The van der Waals surface area contributed by atoms with Crippen LogP contribution in [0.3, 0.4) is 0 Å². The lowest BCUT2D eigenvalue weighted by atomic mass is 10.1. The molecule has 1 amide bonds. The Labute approximate surface area is 201 Å². The minimum absolute atomic E-state index is 0. The third kappa shape index (κ3) is 8.99. The summed E-state index contributed by atoms with van der Waals surface area (Å²) in [5.74, 6) is 0.845. The summed E-state index contributed by atoms with van der Waals surface area (Å²) in [4.78, 5) is 22.6. The van der Waals surface area contributed by atoms with Gasteiger partial charge < -0.3 is 16.0 Å². The van der Waals surface area contributed by atoms with Crippen LogP contribution in [0.25, 0.3) is 0 Å². The van der Waals surface area contributed by atoms with Crippen LogP contribution in [0.15, 0.2) is 35.5 Å². The van der Waals surface area contributed by atoms with Gasteiger partial charge in [-0.3, -0.25) is 4.79 Å². The molecule has 2 rings (SSSR count). The molecule has 0 fully saturated rings. The Bertz CT molecular complexity index is 808. The fraction of sp³-hybridized carbons (Fsp3) is 0.500. The number of nitrogens with zero attached hydrogens (tertiary/aromatic N) is 2. The van der Waals surface area contributed by atoms with Crippen molar-refractivity contribution in [2.24, 2.45) is 10.9 Å². The van der Waals surface area contributed by atoms with Crippen LogP contribution in [0, 0.1) is 5.92 Å². The van der Waals surface area contributed by atoms with E-state index in [0.717, 1.165) is 54.6 Å². The molecule has 2 aromatic rings. The Hall–Kier alpha value is -1.68. The van der Waals surface area contributed by atoms with Crippen molar-refractivity contribution in [1.82, 2.24) is 15.6 Å². The average molecular weight is 544 g/mol. The maximum Gasteiger partial charge on any atom is 0.227 e. The molecule has 1 heterocycles. The van der Waals surface area contributed by atoms with E-state index in [2.05, 4.69) is 39.8 Å². The molecule has 166 valence electrons. The fourth-order valence-corrected chi connectivity index (χ4v) is 3.49. The van der Waals surface area contributed by atoms with Crippen LogP contribution in [0.1, 0.15) is 49.6 Å². The van der Waals surface area contributed by atoms with Crippen molar-refractivity contribution in [3.05, 3.63) is 45.9 Å². The molecule has 6 nitrogen and oxygen atoms in total. The third-order valence-electron chi connectivity index (χ3n) is 4.60. The van der Waals surface area contributed by atoms with Crippen molar-refractivity contribution in [2.45, 2.75) is 53.5 Å². The molecule has 0 aliphatic carbocycles. The van der Waals surface area contributed by atoms with Crippen LogP contribution < -0.4 is 16.0 Å². The van der Waals surface area contributed by atoms with Gasteiger partial charge >= 0.3 is 0 Å². The van der Waals surface area contributed by atoms with Crippen molar-refractivity contribution in [1.29, 1.82) is 0 Å². The summed E-state index contributed by atoms with van der Waals surface area (Å²) in [6.45, 7) is 10.3. The number of rotatable bonds is 10. The number of benzene rings is 1. The Morgan fingerprint density at radius 3 is 2.70 bits per heavy atom. The molecule has 0 spiro atoms. The standard InChI is InChI=1S/C22H33N5OS.HI/c1-5-16(4)21(28)27-18-10-8-9-17(13-18)14-26-22(23-7-3)24-12-11-20-25-15-19(6-2)29-20;/h8-10,13,15-16H,5-7,11-12,14H2,1-4H3,(H,27,28)(H2,23,24,26);1H. The molecule has 1 unspecified atom stereocenters. The molecule has 1 atom stereocenters. The SMILES string of the molecule is CCNC(=NCc1cccc(NC(=O)C(C)CC)c1)NCCc1ncc(CC)s1.I. The fourth-order valence-electron chi connectivity index (χ4n) is 2.63. The second-order valence-electron chi connectivity index (χ2n) is 6.94. The van der Waals surface area contributed by atoms with Gasteiger partial charge in [0.25, 0.3) is 0 Å². The highest BCUT2D eigenvalue weighted by Crippen LogP contribution is 2.14. The summed E-state index contributed by atoms with van der Waals surface area (Å²) in [5.41, 5.74) is 1.87. The Morgan fingerprint density at radius 1 is 1.23 bits per heavy atom. The number of nitrogens with one attached hydrogen (secondary N) is 3. The molecule has 1 aromatic heterocycles. The largest absolute Gasteiger partial charge is 0.357 e. The van der Waals surface area contributed by atoms with Gasteiger partial charge in [-0.15, -0.1) is 35.3 Å². The maximum atomic E-state index is 12.1. The lowest BCUT2D eigenvalue weighted by Gasteiger charge is -2.12. The molecule has 0 bridgehead atoms. The zero-order valence-corrected chi connectivity index (χ0v) is 21.5. The minimum Gasteiger partial charge on any atom is -0.357 e. The first kappa shape index (κ1) is 26.4. The van der Waals surface area contributed by atoms with Gasteiger partial charge in [0.2, 0.25) is 5.91 Å². The molecule has 0 aliphatic heterocycles. The lowest BCUT2D eigenvalue weighted by Crippen LogP contribution is -2.38. The number of carbonyl (C=O) groups excluding carboxylic acids is 1. The monoisotopic (exact) mass is 543 g/mol. The van der Waals surface area contributed by atoms with Crippen molar-refractivity contribution < 1.29 is 4.79 Å². The van der Waals surface area contributed by atoms with E-state index in [-0.39, 0.29) is 35.8 Å². The number of aliphatic imine (C=N–C) groups is 1. The summed E-state index contributed by atoms with van der Waals surface area (Å²) in [6, 6.07) is 7.86. The number of hydrogen-bond acceptors (Lipinski definition) is 4. The number of aryl methyl sites for hydroxylation is 1. The van der Waals surface area contributed by atoms with Crippen LogP contribution in [-0.2, 0) is 24.2 Å². The molecule has 0 saturated carbocycles. The topological polar surface area (TPSA) is 78.4 Å². The highest BCUT2D eigenvalue weighted by Gasteiger charge is 2.10. The number of hydrogen-bond donors (Lipinski definition) is 3. The number of guanidine groups is 1. The minimum atomic E-state index is 0. The molecule has 30 heavy (non-hydrogen) atoms. The predicted octanol–water partition coefficient (Wildman–Crippen LogP) is 4.61. The first-order valence-corrected chi connectivity index (χ1v) is 11.2. The maximum absolute atomic E-state index is 12.1. The molecule has 0 saturated heterocycles. The number of thiazole rings is 1. The van der Waals surface area contributed by atoms with Crippen molar-refractivity contribution in [2.75, 3.05) is 18.4 Å². The van der Waals surface area contributed by atoms with Gasteiger partial charge in [-0.05, 0) is 37.5 Å². The van der Waals surface area contributed by atoms with E-state index in [4.69, 9.17) is 0 Å². The lowest BCUT2D eigenvalue weighted by molar-refractivity contribution is -0.119. The number of amides is 1. The van der Waals surface area contributed by atoms with Gasteiger partial charge in [0.05, 0.1) is 11.6 Å². The smallest absolute Gasteiger partial charge is 0.227 e. The number of aromatic nitrogens is 1. The summed E-state index contributed by atoms with van der Waals surface area (Å²) in [5, 5.41) is 10.8. The number of carbonyl (C=O) groups is 1. The normalized spacial score (nSPS) is 12.1. The highest BCUT2D eigenvalue weighted by atomic mass is 127. The van der Waals surface area contributed by atoms with Crippen LogP contribution in [0.4, 0.5) is 5.69 Å². The number of anilines is 1. The van der Waals surface area contributed by atoms with Crippen molar-refractivity contribution in [3.63, 3.8) is 0 Å². The van der Waals surface area contributed by atoms with Gasteiger partial charge in [0.15, 0.2) is 5.96 Å². The first-order chi connectivity index (χ1) is 14.0. The van der Waals surface area contributed by atoms with Gasteiger partial charge in [0, 0.05) is 42.2 Å². The molecule has 0 aliphatic rings. The number of halogens is 1. The summed E-state index contributed by atoms with van der Waals surface area (Å²) >= 11 is 1.77. The van der Waals surface area contributed by atoms with Crippen molar-refractivity contribution >= 4 is 52.9 Å². The average Bonchev–Trinajstić information content (AvgIpc) is 3.19. The van der Waals surface area contributed by atoms with Crippen molar-refractivity contribution in [3.8, 4) is 0 Å². The molecule has 3 N–H and O–H groups in total. The van der Waals surface area contributed by atoms with E-state index in [1.807, 2.05) is 44.3 Å². The molecular formula is C22H34IN5OS. The Morgan fingerprint density at radius 2 is 2.03 bits per heavy atom. The predicted molar refractivity (Wildman–Crippen MR) is 138 cm³/mol. The molecule has 8 heteroatoms. The quantitative estimate of drug-likeness (QED) is 0.233. The van der Waals surface area contributed by atoms with Gasteiger partial charge in [-0.1, -0.05) is 32.9 Å². The first-order valence-electron chi connectivity index (χ1n) is 10.4. The zero-order valence-electron chi connectivity index (χ0n) is 18.3. The van der Waals surface area contributed by atoms with E-state index in [9.17, 15) is 4.79 Å². The summed E-state index contributed by atoms with van der Waals surface area (Å²) in [7, 11) is 0. The second-order valence-corrected chi connectivity index (χ2v) is 8.14. The summed E-state index contributed by atoms with van der Waals surface area (Å²) < 4.78 is 0. The molecular weight excluding hydrogens is 509 g/mol. The van der Waals surface area contributed by atoms with Crippen LogP contribution in [0.5, 0.6) is 0 Å². The summed E-state index contributed by atoms with van der Waals surface area (Å²) in [6.07, 6.45) is 4.71. The Kier molecular flexibility index (Phi) is 12.6. The van der Waals surface area contributed by atoms with Gasteiger partial charge in [-0.2, -0.15) is 0 Å². The van der Waals surface area contributed by atoms with E-state index >= 15 is 0 Å². The highest BCUT2D eigenvalue weighted by molar-refractivity contribution is 14.0.